The average Bonchev–Trinajstić information content (AvgIpc) is 3.60. The highest BCUT2D eigenvalue weighted by Crippen LogP contribution is 2.72. The highest BCUT2D eigenvalue weighted by Gasteiger charge is 2.64. The first-order valence-corrected chi connectivity index (χ1v) is 13.1. The van der Waals surface area contributed by atoms with Gasteiger partial charge in [-0.1, -0.05) is 48.6 Å². The van der Waals surface area contributed by atoms with E-state index in [1.165, 1.54) is 22.3 Å². The van der Waals surface area contributed by atoms with Crippen LogP contribution >= 0.6 is 0 Å². The molecule has 34 heavy (non-hydrogen) atoms. The van der Waals surface area contributed by atoms with Crippen molar-refractivity contribution in [1.29, 1.82) is 0 Å². The molecule has 174 valence electrons. The van der Waals surface area contributed by atoms with Gasteiger partial charge < -0.3 is 19.7 Å². The smallest absolute Gasteiger partial charge is 0.127 e. The molecule has 4 heteroatoms. The Bertz CT molecular complexity index is 1090. The topological polar surface area (TPSA) is 58.9 Å². The number of allylic oxidation sites excluding steroid dienone is 4. The molecule has 0 saturated heterocycles. The number of rotatable bonds is 2. The van der Waals surface area contributed by atoms with E-state index in [1.807, 2.05) is 14.2 Å². The van der Waals surface area contributed by atoms with Gasteiger partial charge in [-0.3, -0.25) is 0 Å². The summed E-state index contributed by atoms with van der Waals surface area (Å²) in [7, 11) is 3.67. The van der Waals surface area contributed by atoms with Gasteiger partial charge in [-0.25, -0.2) is 0 Å². The standard InChI is InChI=1S/C30H30O4/c1-33-29-23-11-3-5-13(21-17-9-7-15(19(11)21)27(17)31)25(23)30(34-2)26-14-6-4-12(24(26)29)20-16-8-10-18(22(14)20)28(16)32/h3-22,27-28,31-32H,1-2H3/t11-,12+,13+,14-,15+,16-,17-,18+,19-,20-,21+,22-,27?,28?/m0/s1. The Kier molecular flexibility index (Phi) is 3.29. The van der Waals surface area contributed by atoms with Gasteiger partial charge in [0, 0.05) is 69.6 Å². The van der Waals surface area contributed by atoms with Crippen LogP contribution in [0.2, 0.25) is 0 Å². The molecule has 0 amide bonds. The number of aliphatic hydroxyl groups is 2. The molecular weight excluding hydrogens is 424 g/mol. The summed E-state index contributed by atoms with van der Waals surface area (Å²) in [6, 6.07) is 0. The average molecular weight is 455 g/mol. The second-order valence-corrected chi connectivity index (χ2v) is 12.0. The van der Waals surface area contributed by atoms with Gasteiger partial charge >= 0.3 is 0 Å². The fraction of sp³-hybridized carbons (Fsp3) is 0.533. The fourth-order valence-corrected chi connectivity index (χ4v) is 10.5. The molecule has 10 aliphatic rings. The summed E-state index contributed by atoms with van der Waals surface area (Å²) in [5, 5.41) is 22.1. The first-order chi connectivity index (χ1) is 16.7. The summed E-state index contributed by atoms with van der Waals surface area (Å²) < 4.78 is 12.7. The molecule has 2 unspecified atom stereocenters. The number of fused-ring (bicyclic) bond motifs is 4. The predicted octanol–water partition coefficient (Wildman–Crippen LogP) is 4.02. The third-order valence-electron chi connectivity index (χ3n) is 11.4. The Labute approximate surface area is 199 Å². The second-order valence-electron chi connectivity index (χ2n) is 12.0. The van der Waals surface area contributed by atoms with Crippen molar-refractivity contribution >= 4 is 0 Å². The maximum absolute atomic E-state index is 11.1. The van der Waals surface area contributed by atoms with Crippen LogP contribution in [-0.4, -0.2) is 36.6 Å². The molecule has 1 aromatic rings. The molecule has 1 aromatic carbocycles. The predicted molar refractivity (Wildman–Crippen MR) is 127 cm³/mol. The Hall–Kier alpha value is -2.30. The van der Waals surface area contributed by atoms with Gasteiger partial charge in [0.15, 0.2) is 0 Å². The molecule has 0 spiro atoms. The SMILES string of the molecule is COc1c2c(c(OC)c3c1[C@@H]1C=C[C@H]3[C@@H]3[C@@H]1[C@@H]1C=C[C@H]3C1O)[C@@H]1C=C[C@H]2[C@@H]2[C@H]1[C@@H]1C=C[C@H]2C1O. The van der Waals surface area contributed by atoms with E-state index in [4.69, 9.17) is 9.47 Å². The third-order valence-corrected chi connectivity index (χ3v) is 11.4. The summed E-state index contributed by atoms with van der Waals surface area (Å²) in [6.45, 7) is 0. The van der Waals surface area contributed by atoms with Crippen LogP contribution in [0.3, 0.4) is 0 Å². The molecule has 8 bridgehead atoms. The molecule has 0 aliphatic heterocycles. The zero-order valence-corrected chi connectivity index (χ0v) is 19.4. The fourth-order valence-electron chi connectivity index (χ4n) is 10.5. The van der Waals surface area contributed by atoms with Crippen LogP contribution in [0.15, 0.2) is 48.6 Å². The van der Waals surface area contributed by atoms with Crippen molar-refractivity contribution in [3.63, 3.8) is 0 Å². The molecule has 2 N–H and O–H groups in total. The summed E-state index contributed by atoms with van der Waals surface area (Å²) in [5.41, 5.74) is 5.27. The normalized spacial score (nSPS) is 52.2. The molecule has 0 aromatic heterocycles. The molecule has 0 heterocycles. The molecule has 14 atom stereocenters. The van der Waals surface area contributed by atoms with Crippen molar-refractivity contribution in [3.05, 3.63) is 70.9 Å². The Balaban J connectivity index is 1.32. The lowest BCUT2D eigenvalue weighted by Gasteiger charge is -2.52. The maximum Gasteiger partial charge on any atom is 0.127 e. The first kappa shape index (κ1) is 19.0. The Morgan fingerprint density at radius 2 is 0.735 bits per heavy atom. The minimum Gasteiger partial charge on any atom is -0.496 e. The van der Waals surface area contributed by atoms with Gasteiger partial charge in [0.2, 0.25) is 0 Å². The number of aliphatic hydroxyl groups excluding tert-OH is 2. The van der Waals surface area contributed by atoms with E-state index < -0.39 is 0 Å². The molecule has 10 aliphatic carbocycles. The lowest BCUT2D eigenvalue weighted by Crippen LogP contribution is -2.41. The van der Waals surface area contributed by atoms with Gasteiger partial charge in [-0.05, 0) is 23.7 Å². The minimum absolute atomic E-state index is 0.235. The number of benzene rings is 1. The largest absolute Gasteiger partial charge is 0.496 e. The van der Waals surface area contributed by atoms with Crippen molar-refractivity contribution in [2.24, 2.45) is 47.3 Å². The van der Waals surface area contributed by atoms with Crippen LogP contribution in [0, 0.1) is 47.3 Å². The molecular formula is C30H30O4. The lowest BCUT2D eigenvalue weighted by atomic mass is 9.52. The van der Waals surface area contributed by atoms with Crippen molar-refractivity contribution in [2.75, 3.05) is 14.2 Å². The van der Waals surface area contributed by atoms with Crippen LogP contribution < -0.4 is 9.47 Å². The van der Waals surface area contributed by atoms with Crippen LogP contribution in [-0.2, 0) is 0 Å². The monoisotopic (exact) mass is 454 g/mol. The van der Waals surface area contributed by atoms with Gasteiger partial charge in [-0.2, -0.15) is 0 Å². The van der Waals surface area contributed by atoms with Crippen LogP contribution in [0.5, 0.6) is 11.5 Å². The summed E-state index contributed by atoms with van der Waals surface area (Å²) >= 11 is 0. The number of ether oxygens (including phenoxy) is 2. The summed E-state index contributed by atoms with van der Waals surface area (Å²) in [5.74, 6) is 5.78. The van der Waals surface area contributed by atoms with E-state index in [0.717, 1.165) is 11.5 Å². The molecule has 2 saturated carbocycles. The molecule has 4 nitrogen and oxygen atoms in total. The van der Waals surface area contributed by atoms with E-state index in [-0.39, 0.29) is 59.6 Å². The summed E-state index contributed by atoms with van der Waals surface area (Å²) in [4.78, 5) is 0. The van der Waals surface area contributed by atoms with Crippen LogP contribution in [0.4, 0.5) is 0 Å². The van der Waals surface area contributed by atoms with Gasteiger partial charge in [0.05, 0.1) is 26.4 Å². The van der Waals surface area contributed by atoms with E-state index in [9.17, 15) is 10.2 Å². The zero-order valence-electron chi connectivity index (χ0n) is 19.4. The quantitative estimate of drug-likeness (QED) is 0.663. The van der Waals surface area contributed by atoms with Crippen LogP contribution in [0.1, 0.15) is 45.9 Å². The van der Waals surface area contributed by atoms with Gasteiger partial charge in [0.25, 0.3) is 0 Å². The number of hydrogen-bond donors (Lipinski definition) is 2. The van der Waals surface area contributed by atoms with Crippen LogP contribution in [0.25, 0.3) is 0 Å². The molecule has 2 fully saturated rings. The maximum atomic E-state index is 11.1. The first-order valence-electron chi connectivity index (χ1n) is 13.1. The number of hydrogen-bond acceptors (Lipinski definition) is 4. The Morgan fingerprint density at radius 3 is 0.971 bits per heavy atom. The highest BCUT2D eigenvalue weighted by atomic mass is 16.5. The lowest BCUT2D eigenvalue weighted by molar-refractivity contribution is 0.126. The third kappa shape index (κ3) is 1.77. The van der Waals surface area contributed by atoms with E-state index in [0.29, 0.717) is 23.7 Å². The van der Waals surface area contributed by atoms with Crippen molar-refractivity contribution < 1.29 is 19.7 Å². The van der Waals surface area contributed by atoms with Crippen molar-refractivity contribution in [2.45, 2.75) is 35.9 Å². The van der Waals surface area contributed by atoms with Crippen molar-refractivity contribution in [1.82, 2.24) is 0 Å². The minimum atomic E-state index is -0.263. The van der Waals surface area contributed by atoms with E-state index >= 15 is 0 Å². The Morgan fingerprint density at radius 1 is 0.471 bits per heavy atom. The summed E-state index contributed by atoms with van der Waals surface area (Å²) in [6.07, 6.45) is 18.1. The van der Waals surface area contributed by atoms with E-state index in [1.54, 1.807) is 0 Å². The molecule has 0 radical (unpaired) electrons. The van der Waals surface area contributed by atoms with E-state index in [2.05, 4.69) is 48.6 Å². The second kappa shape index (κ2) is 5.91. The van der Waals surface area contributed by atoms with Gasteiger partial charge in [0.1, 0.15) is 11.5 Å². The zero-order chi connectivity index (χ0) is 22.6. The molecule has 11 rings (SSSR count). The number of methoxy groups -OCH3 is 2. The van der Waals surface area contributed by atoms with Crippen molar-refractivity contribution in [3.8, 4) is 11.5 Å². The van der Waals surface area contributed by atoms with Gasteiger partial charge in [-0.15, -0.1) is 0 Å². The highest BCUT2D eigenvalue weighted by molar-refractivity contribution is 5.71.